The second-order valence-corrected chi connectivity index (χ2v) is 10.3. The second-order valence-electron chi connectivity index (χ2n) is 10.3. The van der Waals surface area contributed by atoms with E-state index in [0.717, 1.165) is 60.3 Å². The van der Waals surface area contributed by atoms with Gasteiger partial charge in [0.25, 0.3) is 5.91 Å². The Labute approximate surface area is 177 Å². The van der Waals surface area contributed by atoms with Crippen molar-refractivity contribution >= 4 is 16.8 Å². The van der Waals surface area contributed by atoms with Crippen molar-refractivity contribution < 1.29 is 4.79 Å². The highest BCUT2D eigenvalue weighted by Gasteiger charge is 2.34. The van der Waals surface area contributed by atoms with Gasteiger partial charge in [0, 0.05) is 47.4 Å². The van der Waals surface area contributed by atoms with E-state index in [2.05, 4.69) is 54.3 Å². The summed E-state index contributed by atoms with van der Waals surface area (Å²) in [6.45, 7) is 11.2. The number of fused-ring (bicyclic) bond motifs is 2. The van der Waals surface area contributed by atoms with Gasteiger partial charge in [0.05, 0.1) is 11.2 Å². The van der Waals surface area contributed by atoms with Crippen LogP contribution >= 0.6 is 0 Å². The summed E-state index contributed by atoms with van der Waals surface area (Å²) in [5.74, 6) is 0.0962. The Morgan fingerprint density at radius 1 is 1.17 bits per heavy atom. The molecule has 1 fully saturated rings. The number of hydrogen-bond acceptors (Lipinski definition) is 3. The third-order valence-corrected chi connectivity index (χ3v) is 6.83. The maximum absolute atomic E-state index is 13.2. The fourth-order valence-electron chi connectivity index (χ4n) is 4.97. The van der Waals surface area contributed by atoms with Gasteiger partial charge >= 0.3 is 0 Å². The van der Waals surface area contributed by atoms with Crippen molar-refractivity contribution in [3.05, 3.63) is 41.1 Å². The first kappa shape index (κ1) is 19.4. The lowest BCUT2D eigenvalue weighted by atomic mass is 9.76. The molecule has 0 bridgehead atoms. The minimum atomic E-state index is -0.187. The average molecular weight is 406 g/mol. The molecule has 6 heteroatoms. The highest BCUT2D eigenvalue weighted by molar-refractivity contribution is 5.99. The zero-order chi connectivity index (χ0) is 21.1. The average Bonchev–Trinajstić information content (AvgIpc) is 3.28. The quantitative estimate of drug-likeness (QED) is 0.605. The molecule has 3 aromatic rings. The number of carbonyl (C=O) groups excluding carboxylic acids is 1. The smallest absolute Gasteiger partial charge is 0.254 e. The molecule has 2 aliphatic rings. The number of H-pyrrole nitrogens is 2. The summed E-state index contributed by atoms with van der Waals surface area (Å²) in [7, 11) is 0. The first-order valence-corrected chi connectivity index (χ1v) is 11.0. The van der Waals surface area contributed by atoms with Gasteiger partial charge in [-0.25, -0.2) is 0 Å². The van der Waals surface area contributed by atoms with Crippen LogP contribution in [-0.2, 0) is 12.8 Å². The molecule has 5 rings (SSSR count). The minimum Gasteiger partial charge on any atom is -0.353 e. The highest BCUT2D eigenvalue weighted by Crippen LogP contribution is 2.38. The van der Waals surface area contributed by atoms with Crippen LogP contribution in [-0.4, -0.2) is 51.2 Å². The third-order valence-electron chi connectivity index (χ3n) is 6.83. The maximum Gasteiger partial charge on any atom is 0.254 e. The minimum absolute atomic E-state index is 0.0962. The van der Waals surface area contributed by atoms with Gasteiger partial charge in [-0.3, -0.25) is 9.89 Å². The van der Waals surface area contributed by atoms with Gasteiger partial charge < -0.3 is 15.2 Å². The molecule has 1 saturated heterocycles. The number of aromatic nitrogens is 3. The predicted octanol–water partition coefficient (Wildman–Crippen LogP) is 3.90. The molecule has 1 amide bonds. The molecular formula is C24H31N5O. The van der Waals surface area contributed by atoms with Crippen LogP contribution < -0.4 is 5.32 Å². The molecule has 1 aliphatic carbocycles. The van der Waals surface area contributed by atoms with E-state index in [1.807, 2.05) is 23.1 Å². The molecule has 0 radical (unpaired) electrons. The Hall–Kier alpha value is -2.60. The monoisotopic (exact) mass is 405 g/mol. The third kappa shape index (κ3) is 3.23. The molecule has 158 valence electrons. The van der Waals surface area contributed by atoms with Crippen LogP contribution in [0.1, 0.15) is 55.7 Å². The number of piperazine rings is 1. The standard InChI is InChI=1S/C24H31N5O/c1-23(2)8-7-17-20(13-23)27-28-21(17)19-11-15-5-6-16(12-18(15)26-19)22(30)29-10-9-25-14-24(29,3)4/h5-6,11-12,25-26H,7-10,13-14H2,1-4H3,(H,27,28). The Morgan fingerprint density at radius 3 is 2.80 bits per heavy atom. The highest BCUT2D eigenvalue weighted by atomic mass is 16.2. The zero-order valence-corrected chi connectivity index (χ0v) is 18.4. The topological polar surface area (TPSA) is 76.8 Å². The van der Waals surface area contributed by atoms with Gasteiger partial charge in [-0.1, -0.05) is 19.9 Å². The predicted molar refractivity (Wildman–Crippen MR) is 120 cm³/mol. The van der Waals surface area contributed by atoms with Crippen molar-refractivity contribution in [2.45, 2.75) is 52.5 Å². The number of amides is 1. The Balaban J connectivity index is 1.47. The number of hydrogen-bond donors (Lipinski definition) is 3. The molecule has 6 nitrogen and oxygen atoms in total. The summed E-state index contributed by atoms with van der Waals surface area (Å²) >= 11 is 0. The summed E-state index contributed by atoms with van der Waals surface area (Å²) in [6.07, 6.45) is 3.26. The van der Waals surface area contributed by atoms with Crippen LogP contribution in [0.3, 0.4) is 0 Å². The summed E-state index contributed by atoms with van der Waals surface area (Å²) in [4.78, 5) is 18.7. The number of rotatable bonds is 2. The van der Waals surface area contributed by atoms with Gasteiger partial charge in [-0.2, -0.15) is 5.10 Å². The van der Waals surface area contributed by atoms with E-state index in [0.29, 0.717) is 5.41 Å². The molecule has 0 atom stereocenters. The van der Waals surface area contributed by atoms with E-state index >= 15 is 0 Å². The number of nitrogens with one attached hydrogen (secondary N) is 3. The van der Waals surface area contributed by atoms with Crippen molar-refractivity contribution in [1.29, 1.82) is 0 Å². The van der Waals surface area contributed by atoms with Gasteiger partial charge in [0.15, 0.2) is 0 Å². The Kier molecular flexibility index (Phi) is 4.33. The van der Waals surface area contributed by atoms with Crippen LogP contribution in [0.2, 0.25) is 0 Å². The van der Waals surface area contributed by atoms with Crippen LogP contribution in [0, 0.1) is 5.41 Å². The van der Waals surface area contributed by atoms with E-state index in [9.17, 15) is 4.79 Å². The lowest BCUT2D eigenvalue weighted by molar-refractivity contribution is 0.0477. The molecule has 3 N–H and O–H groups in total. The van der Waals surface area contributed by atoms with E-state index < -0.39 is 0 Å². The largest absolute Gasteiger partial charge is 0.353 e. The van der Waals surface area contributed by atoms with Crippen LogP contribution in [0.4, 0.5) is 0 Å². The number of carbonyl (C=O) groups is 1. The molecule has 0 unspecified atom stereocenters. The Bertz CT molecular complexity index is 1120. The first-order chi connectivity index (χ1) is 14.2. The normalized spacial score (nSPS) is 20.3. The lowest BCUT2D eigenvalue weighted by Crippen LogP contribution is -2.59. The fourth-order valence-corrected chi connectivity index (χ4v) is 4.97. The second kappa shape index (κ2) is 6.71. The van der Waals surface area contributed by atoms with Crippen LogP contribution in [0.5, 0.6) is 0 Å². The molecule has 0 saturated carbocycles. The molecule has 2 aromatic heterocycles. The van der Waals surface area contributed by atoms with Gasteiger partial charge in [0.2, 0.25) is 0 Å². The molecule has 3 heterocycles. The van der Waals surface area contributed by atoms with Crippen LogP contribution in [0.25, 0.3) is 22.3 Å². The molecule has 30 heavy (non-hydrogen) atoms. The van der Waals surface area contributed by atoms with E-state index in [1.165, 1.54) is 17.7 Å². The van der Waals surface area contributed by atoms with Crippen LogP contribution in [0.15, 0.2) is 24.3 Å². The number of nitrogens with zero attached hydrogens (tertiary/aromatic N) is 2. The van der Waals surface area contributed by atoms with Crippen molar-refractivity contribution in [2.75, 3.05) is 19.6 Å². The molecular weight excluding hydrogens is 374 g/mol. The number of benzene rings is 1. The van der Waals surface area contributed by atoms with E-state index in [4.69, 9.17) is 0 Å². The van der Waals surface area contributed by atoms with Crippen molar-refractivity contribution in [3.63, 3.8) is 0 Å². The van der Waals surface area contributed by atoms with Crippen molar-refractivity contribution in [3.8, 4) is 11.4 Å². The van der Waals surface area contributed by atoms with E-state index in [1.54, 1.807) is 0 Å². The molecule has 1 aromatic carbocycles. The fraction of sp³-hybridized carbons (Fsp3) is 0.500. The summed E-state index contributed by atoms with van der Waals surface area (Å²) < 4.78 is 0. The van der Waals surface area contributed by atoms with Gasteiger partial charge in [-0.05, 0) is 56.7 Å². The maximum atomic E-state index is 13.2. The summed E-state index contributed by atoms with van der Waals surface area (Å²) in [6, 6.07) is 8.12. The van der Waals surface area contributed by atoms with Crippen molar-refractivity contribution in [2.24, 2.45) is 5.41 Å². The SMILES string of the molecule is CC1(C)CCc2c(-c3cc4ccc(C(=O)N5CCNCC5(C)C)cc4[nH]3)n[nH]c2C1. The number of aromatic amines is 2. The van der Waals surface area contributed by atoms with Gasteiger partial charge in [-0.15, -0.1) is 0 Å². The van der Waals surface area contributed by atoms with E-state index in [-0.39, 0.29) is 11.4 Å². The first-order valence-electron chi connectivity index (χ1n) is 11.0. The Morgan fingerprint density at radius 2 is 2.00 bits per heavy atom. The molecule has 1 aliphatic heterocycles. The van der Waals surface area contributed by atoms with Gasteiger partial charge in [0.1, 0.15) is 5.69 Å². The lowest BCUT2D eigenvalue weighted by Gasteiger charge is -2.42. The zero-order valence-electron chi connectivity index (χ0n) is 18.4. The summed E-state index contributed by atoms with van der Waals surface area (Å²) in [5, 5.41) is 12.4. The molecule has 0 spiro atoms. The summed E-state index contributed by atoms with van der Waals surface area (Å²) in [5.41, 5.74) is 6.49. The van der Waals surface area contributed by atoms with Crippen molar-refractivity contribution in [1.82, 2.24) is 25.4 Å².